The number of nitrogens with zero attached hydrogens (tertiary/aromatic N) is 2. The number of benzene rings is 1. The molecule has 1 rings (SSSR count). The van der Waals surface area contributed by atoms with Crippen LogP contribution in [0, 0.1) is 11.2 Å². The number of aliphatic hydroxyl groups is 1. The molecule has 72 valence electrons. The molecule has 1 aromatic carbocycles. The number of methoxy groups -OCH3 is 1. The zero-order valence-corrected chi connectivity index (χ0v) is 7.44. The van der Waals surface area contributed by atoms with Crippen LogP contribution in [0.15, 0.2) is 30.2 Å². The predicted molar refractivity (Wildman–Crippen MR) is 48.0 cm³/mol. The summed E-state index contributed by atoms with van der Waals surface area (Å²) < 4.78 is 17.6. The first-order valence-electron chi connectivity index (χ1n) is 3.78. The summed E-state index contributed by atoms with van der Waals surface area (Å²) >= 11 is 0. The van der Waals surface area contributed by atoms with Crippen molar-refractivity contribution in [2.24, 2.45) is 0 Å². The van der Waals surface area contributed by atoms with E-state index < -0.39 is 11.8 Å². The van der Waals surface area contributed by atoms with Crippen LogP contribution in [0.4, 0.5) is 4.39 Å². The van der Waals surface area contributed by atoms with Crippen LogP contribution < -0.4 is 0 Å². The van der Waals surface area contributed by atoms with Crippen LogP contribution in [0.1, 0.15) is 5.56 Å². The molecule has 14 heavy (non-hydrogen) atoms. The second kappa shape index (κ2) is 4.23. The van der Waals surface area contributed by atoms with Gasteiger partial charge in [-0.25, -0.2) is 4.39 Å². The predicted octanol–water partition coefficient (Wildman–Crippen LogP) is 2.51. The Labute approximate surface area is 79.9 Å². The molecule has 4 nitrogen and oxygen atoms in total. The molecular weight excluding hydrogens is 187 g/mol. The van der Waals surface area contributed by atoms with Gasteiger partial charge in [0.25, 0.3) is 0 Å². The maximum atomic E-state index is 13.2. The average Bonchev–Trinajstić information content (AvgIpc) is 2.21. The molecule has 0 atom stereocenters. The summed E-state index contributed by atoms with van der Waals surface area (Å²) in [6.07, 6.45) is 0. The Balaban J connectivity index is 3.30. The monoisotopic (exact) mass is 195 g/mol. The molecule has 0 aromatic heterocycles. The van der Waals surface area contributed by atoms with E-state index in [1.54, 1.807) is 6.07 Å². The summed E-state index contributed by atoms with van der Waals surface area (Å²) in [5.41, 5.74) is -0.375. The number of diazo groups is 1. The highest BCUT2D eigenvalue weighted by Crippen LogP contribution is 2.21. The SMILES string of the molecule is CO/C(O)=C(\[N+]#N)c1ccccc1F. The van der Waals surface area contributed by atoms with E-state index in [0.717, 1.165) is 0 Å². The topological polar surface area (TPSA) is 57.6 Å². The Morgan fingerprint density at radius 2 is 2.14 bits per heavy atom. The molecule has 5 heteroatoms. The van der Waals surface area contributed by atoms with E-state index in [9.17, 15) is 4.39 Å². The fourth-order valence-corrected chi connectivity index (χ4v) is 0.962. The van der Waals surface area contributed by atoms with Crippen LogP contribution in [-0.2, 0) is 4.74 Å². The van der Waals surface area contributed by atoms with Crippen LogP contribution in [0.3, 0.4) is 0 Å². The zero-order valence-electron chi connectivity index (χ0n) is 7.44. The molecule has 0 radical (unpaired) electrons. The van der Waals surface area contributed by atoms with Crippen LogP contribution in [0.2, 0.25) is 0 Å². The Morgan fingerprint density at radius 1 is 1.50 bits per heavy atom. The summed E-state index contributed by atoms with van der Waals surface area (Å²) in [4.78, 5) is 2.75. The van der Waals surface area contributed by atoms with Crippen molar-refractivity contribution in [2.45, 2.75) is 0 Å². The average molecular weight is 195 g/mol. The number of ether oxygens (including phenoxy) is 1. The van der Waals surface area contributed by atoms with Gasteiger partial charge < -0.3 is 9.84 Å². The second-order valence-electron chi connectivity index (χ2n) is 2.44. The minimum Gasteiger partial charge on any atom is -0.475 e. The van der Waals surface area contributed by atoms with Crippen molar-refractivity contribution >= 4 is 5.70 Å². The number of rotatable bonds is 2. The van der Waals surface area contributed by atoms with Gasteiger partial charge >= 0.3 is 11.6 Å². The molecule has 0 spiro atoms. The summed E-state index contributed by atoms with van der Waals surface area (Å²) in [6.45, 7) is 0. The molecule has 0 bridgehead atoms. The van der Waals surface area contributed by atoms with E-state index in [4.69, 9.17) is 10.5 Å². The third kappa shape index (κ3) is 1.80. The van der Waals surface area contributed by atoms with E-state index in [0.29, 0.717) is 0 Å². The third-order valence-corrected chi connectivity index (χ3v) is 1.62. The first-order valence-corrected chi connectivity index (χ1v) is 3.78. The molecule has 0 saturated heterocycles. The van der Waals surface area contributed by atoms with Crippen molar-refractivity contribution in [2.75, 3.05) is 7.11 Å². The molecule has 1 N–H and O–H groups in total. The lowest BCUT2D eigenvalue weighted by atomic mass is 10.1. The van der Waals surface area contributed by atoms with Crippen molar-refractivity contribution in [1.29, 1.82) is 5.39 Å². The summed E-state index contributed by atoms with van der Waals surface area (Å²) in [5.74, 6) is -1.25. The van der Waals surface area contributed by atoms with Crippen LogP contribution in [0.5, 0.6) is 0 Å². The molecule has 0 heterocycles. The lowest BCUT2D eigenvalue weighted by Gasteiger charge is -1.95. The first-order chi connectivity index (χ1) is 6.70. The van der Waals surface area contributed by atoms with Gasteiger partial charge in [-0.3, -0.25) is 0 Å². The Bertz CT molecular complexity index is 410. The van der Waals surface area contributed by atoms with E-state index >= 15 is 0 Å². The number of aliphatic hydroxyl groups excluding tert-OH is 1. The van der Waals surface area contributed by atoms with Crippen LogP contribution >= 0.6 is 0 Å². The largest absolute Gasteiger partial charge is 0.475 e. The van der Waals surface area contributed by atoms with Crippen molar-refractivity contribution < 1.29 is 14.2 Å². The highest BCUT2D eigenvalue weighted by atomic mass is 19.1. The van der Waals surface area contributed by atoms with Gasteiger partial charge in [-0.05, 0) is 12.1 Å². The van der Waals surface area contributed by atoms with Crippen molar-refractivity contribution in [3.63, 3.8) is 0 Å². The molecule has 0 saturated carbocycles. The molecule has 0 amide bonds. The minimum atomic E-state index is -0.641. The Kier molecular flexibility index (Phi) is 3.02. The van der Waals surface area contributed by atoms with Gasteiger partial charge in [0.1, 0.15) is 11.4 Å². The molecule has 1 aromatic rings. The van der Waals surface area contributed by atoms with Gasteiger partial charge in [-0.1, -0.05) is 12.1 Å². The highest BCUT2D eigenvalue weighted by molar-refractivity contribution is 5.71. The van der Waals surface area contributed by atoms with Gasteiger partial charge in [0.05, 0.1) is 7.11 Å². The van der Waals surface area contributed by atoms with E-state index in [1.165, 1.54) is 25.3 Å². The highest BCUT2D eigenvalue weighted by Gasteiger charge is 2.26. The lowest BCUT2D eigenvalue weighted by Crippen LogP contribution is -1.93. The van der Waals surface area contributed by atoms with E-state index in [-0.39, 0.29) is 11.3 Å². The van der Waals surface area contributed by atoms with E-state index in [2.05, 4.69) is 9.71 Å². The minimum absolute atomic E-state index is 0.0330. The van der Waals surface area contributed by atoms with Crippen molar-refractivity contribution in [3.8, 4) is 0 Å². The molecule has 0 aliphatic carbocycles. The third-order valence-electron chi connectivity index (χ3n) is 1.62. The molecule has 0 aliphatic rings. The van der Waals surface area contributed by atoms with E-state index in [1.807, 2.05) is 0 Å². The van der Waals surface area contributed by atoms with Gasteiger partial charge in [0.15, 0.2) is 4.98 Å². The van der Waals surface area contributed by atoms with Crippen LogP contribution in [-0.4, -0.2) is 12.2 Å². The normalized spacial score (nSPS) is 11.5. The Morgan fingerprint density at radius 3 is 2.64 bits per heavy atom. The maximum absolute atomic E-state index is 13.2. The van der Waals surface area contributed by atoms with Crippen LogP contribution in [0.25, 0.3) is 10.7 Å². The summed E-state index contributed by atoms with van der Waals surface area (Å²) in [7, 11) is 1.18. The summed E-state index contributed by atoms with van der Waals surface area (Å²) in [6, 6.07) is 5.58. The quantitative estimate of drug-likeness (QED) is 0.582. The number of halogens is 1. The fourth-order valence-electron chi connectivity index (χ4n) is 0.962. The number of hydrogen-bond donors (Lipinski definition) is 1. The van der Waals surface area contributed by atoms with Gasteiger partial charge in [0.2, 0.25) is 5.39 Å². The second-order valence-corrected chi connectivity index (χ2v) is 2.44. The standard InChI is InChI=1S/C9H7FN2O2/c1-14-9(13)8(12-11)6-4-2-3-5-7(6)10/h2-5H,1H3/p+1/b9-8-. The smallest absolute Gasteiger partial charge is 0.474 e. The van der Waals surface area contributed by atoms with Gasteiger partial charge in [-0.15, -0.1) is 0 Å². The van der Waals surface area contributed by atoms with Crippen molar-refractivity contribution in [3.05, 3.63) is 46.6 Å². The van der Waals surface area contributed by atoms with Crippen molar-refractivity contribution in [1.82, 2.24) is 0 Å². The Hall–Kier alpha value is -2.09. The zero-order chi connectivity index (χ0) is 10.6. The fraction of sp³-hybridized carbons (Fsp3) is 0.111. The number of hydrogen-bond acceptors (Lipinski definition) is 3. The van der Waals surface area contributed by atoms with Gasteiger partial charge in [-0.2, -0.15) is 0 Å². The molecule has 0 unspecified atom stereocenters. The molecular formula is C9H8FN2O2+. The molecule has 0 fully saturated rings. The van der Waals surface area contributed by atoms with Gasteiger partial charge in [0, 0.05) is 0 Å². The lowest BCUT2D eigenvalue weighted by molar-refractivity contribution is 0.139. The first kappa shape index (κ1) is 9.99. The molecule has 0 aliphatic heterocycles. The maximum Gasteiger partial charge on any atom is 0.474 e. The summed E-state index contributed by atoms with van der Waals surface area (Å²) in [5, 5.41) is 17.7.